The quantitative estimate of drug-likeness (QED) is 0.171. The summed E-state index contributed by atoms with van der Waals surface area (Å²) in [5.41, 5.74) is 1.43. The molecule has 0 saturated heterocycles. The summed E-state index contributed by atoms with van der Waals surface area (Å²) in [6, 6.07) is 12.7. The van der Waals surface area contributed by atoms with E-state index in [1.165, 1.54) is 28.1 Å². The van der Waals surface area contributed by atoms with Crippen LogP contribution in [-0.2, 0) is 16.1 Å². The van der Waals surface area contributed by atoms with Gasteiger partial charge in [-0.3, -0.25) is 0 Å². The third-order valence-corrected chi connectivity index (χ3v) is 6.17. The first-order valence-electron chi connectivity index (χ1n) is 11.8. The molecule has 0 aliphatic rings. The molecule has 0 radical (unpaired) electrons. The van der Waals surface area contributed by atoms with Crippen molar-refractivity contribution < 1.29 is 42.1 Å². The normalized spacial score (nSPS) is 10.9. The topological polar surface area (TPSA) is 80.3 Å². The van der Waals surface area contributed by atoms with Gasteiger partial charge in [-0.2, -0.15) is 0 Å². The van der Waals surface area contributed by atoms with Gasteiger partial charge < -0.3 is 23.7 Å². The zero-order valence-corrected chi connectivity index (χ0v) is 22.1. The second-order valence-electron chi connectivity index (χ2n) is 8.61. The molecule has 38 heavy (non-hydrogen) atoms. The smallest absolute Gasteiger partial charge is 0.347 e. The maximum absolute atomic E-state index is 14.2. The van der Waals surface area contributed by atoms with Gasteiger partial charge in [-0.1, -0.05) is 30.3 Å². The zero-order valence-electron chi connectivity index (χ0n) is 22.1. The number of rotatable bonds is 10. The molecule has 0 fully saturated rings. The number of esters is 2. The summed E-state index contributed by atoms with van der Waals surface area (Å²) in [6.45, 7) is 6.08. The van der Waals surface area contributed by atoms with E-state index in [0.29, 0.717) is 23.5 Å². The molecule has 202 valence electrons. The molecule has 0 saturated carbocycles. The SMILES string of the molecule is COCOC(=O)c1c(C)c(C)c(OC(=O)c2c(C)cc(OCc3ccccc3)cc2OC)c(C(F)F)c1C. The third kappa shape index (κ3) is 6.11. The summed E-state index contributed by atoms with van der Waals surface area (Å²) in [6.07, 6.45) is -3.03. The largest absolute Gasteiger partial charge is 0.496 e. The number of carbonyl (C=O) groups excluding carboxylic acids is 2. The van der Waals surface area contributed by atoms with Crippen molar-refractivity contribution in [1.82, 2.24) is 0 Å². The molecule has 0 atom stereocenters. The molecule has 0 aliphatic carbocycles. The van der Waals surface area contributed by atoms with Crippen LogP contribution in [0.3, 0.4) is 0 Å². The van der Waals surface area contributed by atoms with E-state index in [-0.39, 0.29) is 40.5 Å². The number of hydrogen-bond acceptors (Lipinski definition) is 7. The van der Waals surface area contributed by atoms with E-state index in [0.717, 1.165) is 5.56 Å². The average Bonchev–Trinajstić information content (AvgIpc) is 2.89. The van der Waals surface area contributed by atoms with Crippen molar-refractivity contribution in [2.24, 2.45) is 0 Å². The Morgan fingerprint density at radius 3 is 2.16 bits per heavy atom. The molecular weight excluding hydrogens is 498 g/mol. The third-order valence-electron chi connectivity index (χ3n) is 6.17. The molecule has 0 bridgehead atoms. The van der Waals surface area contributed by atoms with Gasteiger partial charge in [0.05, 0.1) is 18.2 Å². The van der Waals surface area contributed by atoms with Crippen LogP contribution in [0.15, 0.2) is 42.5 Å². The van der Waals surface area contributed by atoms with Gasteiger partial charge in [0.2, 0.25) is 0 Å². The molecule has 0 aliphatic heterocycles. The highest BCUT2D eigenvalue weighted by atomic mass is 19.3. The molecule has 0 aromatic heterocycles. The van der Waals surface area contributed by atoms with Crippen LogP contribution in [0.1, 0.15) is 60.5 Å². The first-order chi connectivity index (χ1) is 18.1. The van der Waals surface area contributed by atoms with E-state index in [9.17, 15) is 18.4 Å². The molecule has 9 heteroatoms. The maximum atomic E-state index is 14.2. The lowest BCUT2D eigenvalue weighted by Crippen LogP contribution is -2.18. The lowest BCUT2D eigenvalue weighted by molar-refractivity contribution is -0.0126. The molecule has 3 aromatic carbocycles. The molecule has 0 amide bonds. The Labute approximate surface area is 220 Å². The lowest BCUT2D eigenvalue weighted by atomic mass is 9.92. The predicted molar refractivity (Wildman–Crippen MR) is 136 cm³/mol. The number of ether oxygens (including phenoxy) is 5. The van der Waals surface area contributed by atoms with Crippen molar-refractivity contribution in [2.45, 2.75) is 40.7 Å². The van der Waals surface area contributed by atoms with Crippen LogP contribution in [0.25, 0.3) is 0 Å². The van der Waals surface area contributed by atoms with Gasteiger partial charge in [0.25, 0.3) is 6.43 Å². The molecule has 0 spiro atoms. The van der Waals surface area contributed by atoms with Crippen molar-refractivity contribution >= 4 is 11.9 Å². The summed E-state index contributed by atoms with van der Waals surface area (Å²) in [5.74, 6) is -1.37. The van der Waals surface area contributed by atoms with Gasteiger partial charge in [-0.25, -0.2) is 18.4 Å². The minimum Gasteiger partial charge on any atom is -0.496 e. The fourth-order valence-electron chi connectivity index (χ4n) is 4.14. The number of alkyl halides is 2. The molecule has 0 heterocycles. The number of aryl methyl sites for hydroxylation is 1. The Hall–Kier alpha value is -3.98. The molecule has 3 aromatic rings. The van der Waals surface area contributed by atoms with E-state index in [1.54, 1.807) is 26.0 Å². The number of methoxy groups -OCH3 is 2. The second kappa shape index (κ2) is 12.5. The van der Waals surface area contributed by atoms with Crippen molar-refractivity contribution in [3.8, 4) is 17.2 Å². The lowest BCUT2D eigenvalue weighted by Gasteiger charge is -2.21. The van der Waals surface area contributed by atoms with Gasteiger partial charge in [-0.05, 0) is 61.6 Å². The summed E-state index contributed by atoms with van der Waals surface area (Å²) in [5, 5.41) is 0. The van der Waals surface area contributed by atoms with Crippen molar-refractivity contribution in [2.75, 3.05) is 21.0 Å². The van der Waals surface area contributed by atoms with E-state index in [4.69, 9.17) is 23.7 Å². The number of benzene rings is 3. The first kappa shape index (κ1) is 28.6. The maximum Gasteiger partial charge on any atom is 0.347 e. The molecule has 0 N–H and O–H groups in total. The van der Waals surface area contributed by atoms with Gasteiger partial charge in [0, 0.05) is 13.2 Å². The zero-order chi connectivity index (χ0) is 28.0. The molecular formula is C29H30F2O7. The minimum absolute atomic E-state index is 0.0247. The standard InChI is InChI=1S/C29H30F2O7/c1-16-12-21(36-14-20-10-8-7-9-11-20)13-22(35-6)23(16)29(33)38-26-18(3)17(2)24(28(32)37-15-34-5)19(4)25(26)27(30)31/h7-13,27H,14-15H2,1-6H3. The van der Waals surface area contributed by atoms with Crippen LogP contribution in [0.2, 0.25) is 0 Å². The van der Waals surface area contributed by atoms with Crippen molar-refractivity contribution in [3.63, 3.8) is 0 Å². The Balaban J connectivity index is 1.97. The van der Waals surface area contributed by atoms with Crippen LogP contribution in [-0.4, -0.2) is 33.0 Å². The Morgan fingerprint density at radius 2 is 1.55 bits per heavy atom. The minimum atomic E-state index is -3.03. The van der Waals surface area contributed by atoms with Crippen LogP contribution < -0.4 is 14.2 Å². The average molecular weight is 529 g/mol. The van der Waals surface area contributed by atoms with Gasteiger partial charge in [-0.15, -0.1) is 0 Å². The Kier molecular flexibility index (Phi) is 9.41. The summed E-state index contributed by atoms with van der Waals surface area (Å²) < 4.78 is 55.1. The van der Waals surface area contributed by atoms with E-state index in [1.807, 2.05) is 30.3 Å². The van der Waals surface area contributed by atoms with Crippen LogP contribution in [0.4, 0.5) is 8.78 Å². The Bertz CT molecular complexity index is 1320. The second-order valence-corrected chi connectivity index (χ2v) is 8.61. The molecule has 7 nitrogen and oxygen atoms in total. The van der Waals surface area contributed by atoms with E-state index >= 15 is 0 Å². The molecule has 3 rings (SSSR count). The number of hydrogen-bond donors (Lipinski definition) is 0. The van der Waals surface area contributed by atoms with Crippen LogP contribution in [0, 0.1) is 27.7 Å². The number of halogens is 2. The van der Waals surface area contributed by atoms with Crippen LogP contribution >= 0.6 is 0 Å². The molecule has 0 unspecified atom stereocenters. The van der Waals surface area contributed by atoms with Gasteiger partial charge in [0.1, 0.15) is 29.4 Å². The van der Waals surface area contributed by atoms with E-state index in [2.05, 4.69) is 0 Å². The van der Waals surface area contributed by atoms with Gasteiger partial charge in [0.15, 0.2) is 6.79 Å². The fraction of sp³-hybridized carbons (Fsp3) is 0.310. The number of carbonyl (C=O) groups is 2. The highest BCUT2D eigenvalue weighted by Crippen LogP contribution is 2.40. The van der Waals surface area contributed by atoms with Crippen molar-refractivity contribution in [1.29, 1.82) is 0 Å². The van der Waals surface area contributed by atoms with Gasteiger partial charge >= 0.3 is 11.9 Å². The summed E-state index contributed by atoms with van der Waals surface area (Å²) in [4.78, 5) is 25.9. The van der Waals surface area contributed by atoms with E-state index < -0.39 is 23.9 Å². The summed E-state index contributed by atoms with van der Waals surface area (Å²) >= 11 is 0. The van der Waals surface area contributed by atoms with Crippen molar-refractivity contribution in [3.05, 3.63) is 87.0 Å². The predicted octanol–water partition coefficient (Wildman–Crippen LogP) is 6.43. The highest BCUT2D eigenvalue weighted by molar-refractivity contribution is 5.97. The fourth-order valence-corrected chi connectivity index (χ4v) is 4.14. The Morgan fingerprint density at radius 1 is 0.868 bits per heavy atom. The monoisotopic (exact) mass is 528 g/mol. The summed E-state index contributed by atoms with van der Waals surface area (Å²) in [7, 11) is 2.72. The van der Waals surface area contributed by atoms with Crippen LogP contribution in [0.5, 0.6) is 17.2 Å². The first-order valence-corrected chi connectivity index (χ1v) is 11.8. The highest BCUT2D eigenvalue weighted by Gasteiger charge is 2.30.